The molecule has 3 N–H and O–H groups in total. The van der Waals surface area contributed by atoms with Crippen molar-refractivity contribution in [2.24, 2.45) is 0 Å². The summed E-state index contributed by atoms with van der Waals surface area (Å²) in [6.07, 6.45) is 1.20. The monoisotopic (exact) mass is 713 g/mol. The summed E-state index contributed by atoms with van der Waals surface area (Å²) in [4.78, 5) is 40.8. The minimum atomic E-state index is -0.697. The van der Waals surface area contributed by atoms with Crippen molar-refractivity contribution in [3.05, 3.63) is 165 Å². The molecule has 3 amide bonds. The molecule has 5 aromatic rings. The lowest BCUT2D eigenvalue weighted by Crippen LogP contribution is -2.30. The number of benzene rings is 5. The van der Waals surface area contributed by atoms with Gasteiger partial charge in [-0.1, -0.05) is 84.4 Å². The molecule has 10 heteroatoms. The van der Waals surface area contributed by atoms with Crippen LogP contribution in [0, 0.1) is 5.82 Å². The lowest BCUT2D eigenvalue weighted by atomic mass is 10.1. The normalized spacial score (nSPS) is 11.8. The first-order chi connectivity index (χ1) is 22.3. The zero-order valence-electron chi connectivity index (χ0n) is 24.0. The quantitative estimate of drug-likeness (QED) is 0.0995. The number of amides is 3. The van der Waals surface area contributed by atoms with Crippen LogP contribution in [0.5, 0.6) is 0 Å². The average molecular weight is 715 g/mol. The van der Waals surface area contributed by atoms with E-state index >= 15 is 0 Å². The second kappa shape index (κ2) is 15.5. The highest BCUT2D eigenvalue weighted by Gasteiger charge is 2.23. The molecule has 230 valence electrons. The number of hydrogen-bond donors (Lipinski definition) is 3. The van der Waals surface area contributed by atoms with Crippen LogP contribution >= 0.6 is 39.3 Å². The molecular formula is C36H26BrClFN3O3S. The predicted octanol–water partition coefficient (Wildman–Crippen LogP) is 9.12. The number of thioether (sulfide) groups is 1. The zero-order valence-corrected chi connectivity index (χ0v) is 27.2. The van der Waals surface area contributed by atoms with Crippen LogP contribution in [0.15, 0.2) is 142 Å². The Balaban J connectivity index is 1.40. The molecule has 0 heterocycles. The molecule has 0 aliphatic heterocycles. The third-order valence-corrected chi connectivity index (χ3v) is 8.90. The van der Waals surface area contributed by atoms with Crippen LogP contribution in [-0.4, -0.2) is 17.7 Å². The number of rotatable bonds is 10. The van der Waals surface area contributed by atoms with E-state index in [0.29, 0.717) is 21.8 Å². The minimum Gasteiger partial charge on any atom is -0.324 e. The van der Waals surface area contributed by atoms with Gasteiger partial charge in [-0.2, -0.15) is 0 Å². The lowest BCUT2D eigenvalue weighted by molar-refractivity contribution is -0.116. The van der Waals surface area contributed by atoms with Crippen molar-refractivity contribution in [3.63, 3.8) is 0 Å². The number of nitrogens with one attached hydrogen (secondary N) is 3. The summed E-state index contributed by atoms with van der Waals surface area (Å²) in [6.45, 7) is 0. The summed E-state index contributed by atoms with van der Waals surface area (Å²) in [6, 6.07) is 36.2. The van der Waals surface area contributed by atoms with Crippen molar-refractivity contribution in [2.75, 3.05) is 10.6 Å². The molecule has 0 aliphatic carbocycles. The van der Waals surface area contributed by atoms with Gasteiger partial charge in [0.05, 0.1) is 10.7 Å². The Morgan fingerprint density at radius 2 is 1.46 bits per heavy atom. The van der Waals surface area contributed by atoms with E-state index in [1.807, 2.05) is 54.6 Å². The number of anilines is 2. The molecule has 5 aromatic carbocycles. The zero-order chi connectivity index (χ0) is 32.5. The highest BCUT2D eigenvalue weighted by molar-refractivity contribution is 9.10. The van der Waals surface area contributed by atoms with E-state index in [1.54, 1.807) is 54.6 Å². The highest BCUT2D eigenvalue weighted by Crippen LogP contribution is 2.38. The fraction of sp³-hybridized carbons (Fsp3) is 0.0278. The molecule has 5 rings (SSSR count). The van der Waals surface area contributed by atoms with Gasteiger partial charge in [0.1, 0.15) is 16.8 Å². The maximum Gasteiger partial charge on any atom is 0.272 e. The van der Waals surface area contributed by atoms with Gasteiger partial charge in [0.25, 0.3) is 11.8 Å². The molecule has 0 saturated heterocycles. The number of carbonyl (C=O) groups is 3. The van der Waals surface area contributed by atoms with Gasteiger partial charge in [-0.05, 0) is 82.2 Å². The van der Waals surface area contributed by atoms with Gasteiger partial charge in [-0.15, -0.1) is 11.8 Å². The number of halogens is 3. The van der Waals surface area contributed by atoms with Crippen LogP contribution in [0.25, 0.3) is 6.08 Å². The van der Waals surface area contributed by atoms with Crippen LogP contribution in [-0.2, 0) is 9.59 Å². The Labute approximate surface area is 283 Å². The van der Waals surface area contributed by atoms with E-state index in [9.17, 15) is 18.8 Å². The van der Waals surface area contributed by atoms with Crippen LogP contribution in [0.3, 0.4) is 0 Å². The fourth-order valence-corrected chi connectivity index (χ4v) is 6.06. The maximum atomic E-state index is 14.7. The van der Waals surface area contributed by atoms with E-state index in [2.05, 4.69) is 31.9 Å². The van der Waals surface area contributed by atoms with Crippen molar-refractivity contribution < 1.29 is 18.8 Å². The summed E-state index contributed by atoms with van der Waals surface area (Å²) in [5.74, 6) is -2.14. The summed E-state index contributed by atoms with van der Waals surface area (Å²) in [7, 11) is 0. The Morgan fingerprint density at radius 1 is 0.783 bits per heavy atom. The van der Waals surface area contributed by atoms with E-state index in [4.69, 9.17) is 11.6 Å². The molecule has 0 aliphatic rings. The second-order valence-electron chi connectivity index (χ2n) is 9.87. The van der Waals surface area contributed by atoms with Crippen molar-refractivity contribution in [1.29, 1.82) is 0 Å². The maximum absolute atomic E-state index is 14.7. The SMILES string of the molecule is O=C(Nc1cccc(SC(C(=O)Nc2ccccc2Br)c2ccccc2)c1)/C(=C\c1c(F)cccc1Cl)NC(=O)c1ccccc1. The molecule has 0 aromatic heterocycles. The highest BCUT2D eigenvalue weighted by atomic mass is 79.9. The predicted molar refractivity (Wildman–Crippen MR) is 186 cm³/mol. The Hall–Kier alpha value is -4.70. The fourth-order valence-electron chi connectivity index (χ4n) is 4.38. The van der Waals surface area contributed by atoms with Gasteiger partial charge < -0.3 is 16.0 Å². The summed E-state index contributed by atoms with van der Waals surface area (Å²) in [5, 5.41) is 7.81. The van der Waals surface area contributed by atoms with Crippen LogP contribution < -0.4 is 16.0 Å². The molecule has 0 spiro atoms. The van der Waals surface area contributed by atoms with E-state index in [0.717, 1.165) is 10.0 Å². The first kappa shape index (κ1) is 32.7. The molecule has 0 bridgehead atoms. The first-order valence-corrected chi connectivity index (χ1v) is 16.0. The topological polar surface area (TPSA) is 87.3 Å². The number of para-hydroxylation sites is 1. The van der Waals surface area contributed by atoms with Crippen LogP contribution in [0.2, 0.25) is 5.02 Å². The van der Waals surface area contributed by atoms with Crippen LogP contribution in [0.1, 0.15) is 26.7 Å². The van der Waals surface area contributed by atoms with Gasteiger partial charge in [0.15, 0.2) is 0 Å². The van der Waals surface area contributed by atoms with Crippen molar-refractivity contribution >= 4 is 74.5 Å². The Bertz CT molecular complexity index is 1890. The molecule has 0 saturated carbocycles. The first-order valence-electron chi connectivity index (χ1n) is 14.0. The Kier molecular flexibility index (Phi) is 11.0. The second-order valence-corrected chi connectivity index (χ2v) is 12.3. The minimum absolute atomic E-state index is 0.0475. The largest absolute Gasteiger partial charge is 0.324 e. The molecule has 46 heavy (non-hydrogen) atoms. The molecule has 1 atom stereocenters. The van der Waals surface area contributed by atoms with Gasteiger partial charge >= 0.3 is 0 Å². The van der Waals surface area contributed by atoms with Gasteiger partial charge in [-0.25, -0.2) is 4.39 Å². The van der Waals surface area contributed by atoms with Crippen molar-refractivity contribution in [3.8, 4) is 0 Å². The summed E-state index contributed by atoms with van der Waals surface area (Å²) >= 11 is 11.0. The van der Waals surface area contributed by atoms with E-state index in [-0.39, 0.29) is 22.2 Å². The van der Waals surface area contributed by atoms with Gasteiger partial charge in [0, 0.05) is 26.2 Å². The summed E-state index contributed by atoms with van der Waals surface area (Å²) in [5.41, 5.74) is 1.88. The molecule has 0 radical (unpaired) electrons. The molecule has 0 fully saturated rings. The molecule has 6 nitrogen and oxygen atoms in total. The molecule has 1 unspecified atom stereocenters. The standard InChI is InChI=1S/C36H26BrClFN3O3S/c37-28-17-7-8-20-31(28)41-36(45)33(23-11-3-1-4-12-23)46-26-16-9-15-25(21-26)40-35(44)32(22-27-29(38)18-10-19-30(27)39)42-34(43)24-13-5-2-6-14-24/h1-22,33H,(H,40,44)(H,41,45)(H,42,43)/b32-22+. The lowest BCUT2D eigenvalue weighted by Gasteiger charge is -2.18. The Morgan fingerprint density at radius 3 is 2.17 bits per heavy atom. The average Bonchev–Trinajstić information content (AvgIpc) is 3.06. The molecular weight excluding hydrogens is 689 g/mol. The van der Waals surface area contributed by atoms with Crippen molar-refractivity contribution in [2.45, 2.75) is 10.1 Å². The van der Waals surface area contributed by atoms with Gasteiger partial charge in [0.2, 0.25) is 5.91 Å². The van der Waals surface area contributed by atoms with Gasteiger partial charge in [-0.3, -0.25) is 14.4 Å². The third-order valence-electron chi connectivity index (χ3n) is 6.64. The number of hydrogen-bond acceptors (Lipinski definition) is 4. The summed E-state index contributed by atoms with van der Waals surface area (Å²) < 4.78 is 15.4. The van der Waals surface area contributed by atoms with E-state index < -0.39 is 22.9 Å². The van der Waals surface area contributed by atoms with Crippen molar-refractivity contribution in [1.82, 2.24) is 5.32 Å². The third kappa shape index (κ3) is 8.51. The number of carbonyl (C=O) groups excluding carboxylic acids is 3. The smallest absolute Gasteiger partial charge is 0.272 e. The van der Waals surface area contributed by atoms with Crippen LogP contribution in [0.4, 0.5) is 15.8 Å². The van der Waals surface area contributed by atoms with E-state index in [1.165, 1.54) is 36.0 Å².